The Morgan fingerprint density at radius 2 is 1.92 bits per heavy atom. The van der Waals surface area contributed by atoms with Crippen molar-refractivity contribution < 1.29 is 14.4 Å². The standard InChI is InChI=1S/C17H18ClN3O3/c1-23-15-5-3-2-4-13(15)10-20-16(22)11-24-21-17(19)12-6-8-14(18)9-7-12/h2-9H,10-11H2,1H3,(H2,19,21)(H,20,22). The number of amides is 1. The van der Waals surface area contributed by atoms with Crippen LogP contribution in [0.15, 0.2) is 53.7 Å². The molecule has 0 fully saturated rings. The molecule has 2 aromatic carbocycles. The Morgan fingerprint density at radius 1 is 1.21 bits per heavy atom. The van der Waals surface area contributed by atoms with Gasteiger partial charge in [0.15, 0.2) is 12.4 Å². The smallest absolute Gasteiger partial charge is 0.261 e. The summed E-state index contributed by atoms with van der Waals surface area (Å²) in [6, 6.07) is 14.3. The van der Waals surface area contributed by atoms with E-state index in [0.717, 1.165) is 5.56 Å². The van der Waals surface area contributed by atoms with Crippen molar-refractivity contribution in [2.45, 2.75) is 6.54 Å². The molecule has 0 saturated heterocycles. The molecule has 6 nitrogen and oxygen atoms in total. The van der Waals surface area contributed by atoms with E-state index in [1.165, 1.54) is 0 Å². The predicted molar refractivity (Wildman–Crippen MR) is 93.0 cm³/mol. The predicted octanol–water partition coefficient (Wildman–Crippen LogP) is 2.30. The summed E-state index contributed by atoms with van der Waals surface area (Å²) >= 11 is 5.80. The van der Waals surface area contributed by atoms with E-state index in [9.17, 15) is 4.79 Å². The van der Waals surface area contributed by atoms with Gasteiger partial charge in [-0.25, -0.2) is 0 Å². The molecule has 7 heteroatoms. The number of hydrogen-bond donors (Lipinski definition) is 2. The average molecular weight is 348 g/mol. The molecule has 1 amide bonds. The Labute approximate surface area is 145 Å². The lowest BCUT2D eigenvalue weighted by Gasteiger charge is -2.09. The molecular weight excluding hydrogens is 330 g/mol. The topological polar surface area (TPSA) is 85.9 Å². The van der Waals surface area contributed by atoms with Crippen LogP contribution >= 0.6 is 11.6 Å². The fraction of sp³-hybridized carbons (Fsp3) is 0.176. The molecule has 2 aromatic rings. The Hall–Kier alpha value is -2.73. The van der Waals surface area contributed by atoms with Gasteiger partial charge in [-0.3, -0.25) is 4.79 Å². The van der Waals surface area contributed by atoms with Crippen LogP contribution in [0.5, 0.6) is 5.75 Å². The first kappa shape index (κ1) is 17.6. The minimum atomic E-state index is -0.312. The molecule has 0 atom stereocenters. The van der Waals surface area contributed by atoms with Crippen molar-refractivity contribution in [1.82, 2.24) is 5.32 Å². The van der Waals surface area contributed by atoms with Gasteiger partial charge in [-0.05, 0) is 30.3 Å². The Bertz CT molecular complexity index is 717. The van der Waals surface area contributed by atoms with Gasteiger partial charge in [0.25, 0.3) is 5.91 Å². The van der Waals surface area contributed by atoms with Crippen molar-refractivity contribution in [3.05, 3.63) is 64.7 Å². The number of carbonyl (C=O) groups excluding carboxylic acids is 1. The van der Waals surface area contributed by atoms with Gasteiger partial charge >= 0.3 is 0 Å². The summed E-state index contributed by atoms with van der Waals surface area (Å²) in [5.41, 5.74) is 7.30. The second-order valence-corrected chi connectivity index (χ2v) is 5.28. The maximum atomic E-state index is 11.8. The van der Waals surface area contributed by atoms with E-state index in [-0.39, 0.29) is 18.3 Å². The van der Waals surface area contributed by atoms with Crippen LogP contribution in [-0.4, -0.2) is 25.5 Å². The Balaban J connectivity index is 1.80. The summed E-state index contributed by atoms with van der Waals surface area (Å²) in [6.07, 6.45) is 0. The van der Waals surface area contributed by atoms with Gasteiger partial charge in [-0.1, -0.05) is 35.0 Å². The van der Waals surface area contributed by atoms with Crippen LogP contribution in [0.1, 0.15) is 11.1 Å². The fourth-order valence-corrected chi connectivity index (χ4v) is 2.05. The van der Waals surface area contributed by atoms with Crippen LogP contribution in [0.25, 0.3) is 0 Å². The van der Waals surface area contributed by atoms with Gasteiger partial charge in [0.2, 0.25) is 0 Å². The Morgan fingerprint density at radius 3 is 2.62 bits per heavy atom. The van der Waals surface area contributed by atoms with E-state index in [0.29, 0.717) is 22.9 Å². The van der Waals surface area contributed by atoms with Crippen molar-refractivity contribution in [3.63, 3.8) is 0 Å². The zero-order chi connectivity index (χ0) is 17.4. The highest BCUT2D eigenvalue weighted by molar-refractivity contribution is 6.30. The number of nitrogens with one attached hydrogen (secondary N) is 1. The summed E-state index contributed by atoms with van der Waals surface area (Å²) in [4.78, 5) is 16.7. The molecule has 3 N–H and O–H groups in total. The molecule has 24 heavy (non-hydrogen) atoms. The highest BCUT2D eigenvalue weighted by atomic mass is 35.5. The maximum absolute atomic E-state index is 11.8. The van der Waals surface area contributed by atoms with Gasteiger partial charge < -0.3 is 20.6 Å². The minimum absolute atomic E-state index is 0.171. The van der Waals surface area contributed by atoms with Crippen LogP contribution < -0.4 is 15.8 Å². The number of rotatable bonds is 7. The molecule has 0 bridgehead atoms. The molecule has 0 saturated carbocycles. The van der Waals surface area contributed by atoms with Crippen molar-refractivity contribution in [2.24, 2.45) is 10.9 Å². The zero-order valence-electron chi connectivity index (χ0n) is 13.2. The minimum Gasteiger partial charge on any atom is -0.496 e. The van der Waals surface area contributed by atoms with Crippen LogP contribution in [0.3, 0.4) is 0 Å². The molecule has 0 radical (unpaired) electrons. The highest BCUT2D eigenvalue weighted by Gasteiger charge is 2.06. The lowest BCUT2D eigenvalue weighted by atomic mass is 10.2. The Kier molecular flexibility index (Phi) is 6.45. The highest BCUT2D eigenvalue weighted by Crippen LogP contribution is 2.16. The molecule has 2 rings (SSSR count). The van der Waals surface area contributed by atoms with Gasteiger partial charge in [0.05, 0.1) is 7.11 Å². The third-order valence-electron chi connectivity index (χ3n) is 3.17. The van der Waals surface area contributed by atoms with Crippen LogP contribution in [0.2, 0.25) is 5.02 Å². The first-order valence-electron chi connectivity index (χ1n) is 7.20. The first-order chi connectivity index (χ1) is 11.6. The third kappa shape index (κ3) is 5.17. The summed E-state index contributed by atoms with van der Waals surface area (Å²) in [7, 11) is 1.58. The summed E-state index contributed by atoms with van der Waals surface area (Å²) in [5.74, 6) is 0.571. The number of methoxy groups -OCH3 is 1. The number of halogens is 1. The number of nitrogens with two attached hydrogens (primary N) is 1. The average Bonchev–Trinajstić information content (AvgIpc) is 2.60. The summed E-state index contributed by atoms with van der Waals surface area (Å²) in [5, 5.41) is 7.04. The lowest BCUT2D eigenvalue weighted by molar-refractivity contribution is -0.125. The number of benzene rings is 2. The first-order valence-corrected chi connectivity index (χ1v) is 7.58. The molecule has 0 unspecified atom stereocenters. The van der Waals surface area contributed by atoms with Crippen LogP contribution in [0, 0.1) is 0 Å². The second-order valence-electron chi connectivity index (χ2n) is 4.85. The maximum Gasteiger partial charge on any atom is 0.261 e. The van der Waals surface area contributed by atoms with Gasteiger partial charge in [0.1, 0.15) is 5.75 Å². The normalized spacial score (nSPS) is 11.0. The van der Waals surface area contributed by atoms with E-state index in [1.54, 1.807) is 31.4 Å². The monoisotopic (exact) mass is 347 g/mol. The molecule has 0 spiro atoms. The van der Waals surface area contributed by atoms with Crippen molar-refractivity contribution in [2.75, 3.05) is 13.7 Å². The van der Waals surface area contributed by atoms with E-state index in [1.807, 2.05) is 24.3 Å². The van der Waals surface area contributed by atoms with Crippen molar-refractivity contribution in [3.8, 4) is 5.75 Å². The van der Waals surface area contributed by atoms with Crippen molar-refractivity contribution >= 4 is 23.3 Å². The fourth-order valence-electron chi connectivity index (χ4n) is 1.93. The number of carbonyl (C=O) groups is 1. The van der Waals surface area contributed by atoms with E-state index in [2.05, 4.69) is 10.5 Å². The second kappa shape index (κ2) is 8.79. The van der Waals surface area contributed by atoms with Crippen LogP contribution in [0.4, 0.5) is 0 Å². The number of nitrogens with zero attached hydrogens (tertiary/aromatic N) is 1. The molecule has 0 aliphatic heterocycles. The number of para-hydroxylation sites is 1. The van der Waals surface area contributed by atoms with Gasteiger partial charge in [-0.2, -0.15) is 0 Å². The number of ether oxygens (including phenoxy) is 1. The SMILES string of the molecule is COc1ccccc1CNC(=O)CO/N=C(\N)c1ccc(Cl)cc1. The molecular formula is C17H18ClN3O3. The summed E-state index contributed by atoms with van der Waals surface area (Å²) in [6.45, 7) is 0.103. The van der Waals surface area contributed by atoms with Gasteiger partial charge in [-0.15, -0.1) is 0 Å². The zero-order valence-corrected chi connectivity index (χ0v) is 13.9. The lowest BCUT2D eigenvalue weighted by Crippen LogP contribution is -2.27. The van der Waals surface area contributed by atoms with E-state index < -0.39 is 0 Å². The molecule has 0 aliphatic rings. The third-order valence-corrected chi connectivity index (χ3v) is 3.42. The molecule has 126 valence electrons. The number of amidine groups is 1. The van der Waals surface area contributed by atoms with Crippen LogP contribution in [-0.2, 0) is 16.2 Å². The number of oxime groups is 1. The largest absolute Gasteiger partial charge is 0.496 e. The van der Waals surface area contributed by atoms with Gasteiger partial charge in [0, 0.05) is 22.7 Å². The quantitative estimate of drug-likeness (QED) is 0.457. The molecule has 0 aromatic heterocycles. The van der Waals surface area contributed by atoms with E-state index >= 15 is 0 Å². The van der Waals surface area contributed by atoms with Crippen molar-refractivity contribution in [1.29, 1.82) is 0 Å². The summed E-state index contributed by atoms with van der Waals surface area (Å²) < 4.78 is 5.22. The van der Waals surface area contributed by atoms with E-state index in [4.69, 9.17) is 26.9 Å². The number of hydrogen-bond acceptors (Lipinski definition) is 4. The molecule has 0 aliphatic carbocycles. The molecule has 0 heterocycles.